The molecule has 19 heavy (non-hydrogen) atoms. The third-order valence-corrected chi connectivity index (χ3v) is 5.66. The highest BCUT2D eigenvalue weighted by atomic mass is 32.2. The van der Waals surface area contributed by atoms with Crippen molar-refractivity contribution in [1.29, 1.82) is 0 Å². The molecule has 0 spiro atoms. The second-order valence-electron chi connectivity index (χ2n) is 3.97. The number of thioether (sulfide) groups is 1. The molecule has 2 rings (SSSR count). The SMILES string of the molecule is CCCc1nc(CSc2nc(C)c(C(=O)O)s2)cs1. The quantitative estimate of drug-likeness (QED) is 0.820. The van der Waals surface area contributed by atoms with E-state index in [1.165, 1.54) is 16.3 Å². The minimum Gasteiger partial charge on any atom is -0.477 e. The molecule has 0 radical (unpaired) electrons. The van der Waals surface area contributed by atoms with Crippen molar-refractivity contribution in [3.63, 3.8) is 0 Å². The summed E-state index contributed by atoms with van der Waals surface area (Å²) in [6.45, 7) is 3.87. The fraction of sp³-hybridized carbons (Fsp3) is 0.417. The largest absolute Gasteiger partial charge is 0.477 e. The van der Waals surface area contributed by atoms with Gasteiger partial charge in [-0.05, 0) is 19.8 Å². The Kier molecular flexibility index (Phi) is 4.95. The summed E-state index contributed by atoms with van der Waals surface area (Å²) in [6.07, 6.45) is 2.13. The summed E-state index contributed by atoms with van der Waals surface area (Å²) in [5, 5.41) is 12.2. The molecule has 0 unspecified atom stereocenters. The van der Waals surface area contributed by atoms with Gasteiger partial charge in [0.2, 0.25) is 0 Å². The molecule has 1 N–H and O–H groups in total. The molecule has 0 amide bonds. The minimum absolute atomic E-state index is 0.326. The maximum Gasteiger partial charge on any atom is 0.347 e. The zero-order valence-electron chi connectivity index (χ0n) is 10.7. The van der Waals surface area contributed by atoms with Crippen molar-refractivity contribution >= 4 is 40.4 Å². The molecular weight excluding hydrogens is 300 g/mol. The lowest BCUT2D eigenvalue weighted by atomic mass is 10.3. The highest BCUT2D eigenvalue weighted by molar-refractivity contribution is 8.00. The first-order valence-corrected chi connectivity index (χ1v) is 8.55. The van der Waals surface area contributed by atoms with E-state index < -0.39 is 5.97 Å². The number of carboxylic acid groups (broad SMARTS) is 1. The zero-order chi connectivity index (χ0) is 13.8. The van der Waals surface area contributed by atoms with Crippen LogP contribution in [0.5, 0.6) is 0 Å². The predicted molar refractivity (Wildman–Crippen MR) is 79.5 cm³/mol. The van der Waals surface area contributed by atoms with Crippen LogP contribution >= 0.6 is 34.4 Å². The Bertz CT molecular complexity index is 577. The van der Waals surface area contributed by atoms with Gasteiger partial charge in [-0.1, -0.05) is 18.7 Å². The van der Waals surface area contributed by atoms with Crippen molar-refractivity contribution in [3.8, 4) is 0 Å². The van der Waals surface area contributed by atoms with Crippen LogP contribution in [0.4, 0.5) is 0 Å². The Labute approximate surface area is 123 Å². The van der Waals surface area contributed by atoms with E-state index in [-0.39, 0.29) is 0 Å². The van der Waals surface area contributed by atoms with Gasteiger partial charge in [-0.15, -0.1) is 22.7 Å². The molecule has 0 atom stereocenters. The van der Waals surface area contributed by atoms with Crippen LogP contribution in [0, 0.1) is 6.92 Å². The van der Waals surface area contributed by atoms with Gasteiger partial charge in [0, 0.05) is 11.1 Å². The number of hydrogen-bond acceptors (Lipinski definition) is 6. The lowest BCUT2D eigenvalue weighted by Crippen LogP contribution is -1.94. The predicted octanol–water partition coefficient (Wildman–Crippen LogP) is 3.85. The number of rotatable bonds is 6. The summed E-state index contributed by atoms with van der Waals surface area (Å²) in [7, 11) is 0. The summed E-state index contributed by atoms with van der Waals surface area (Å²) in [5.41, 5.74) is 1.63. The fourth-order valence-corrected chi connectivity index (χ4v) is 4.44. The van der Waals surface area contributed by atoms with Gasteiger partial charge in [-0.25, -0.2) is 14.8 Å². The fourth-order valence-electron chi connectivity index (χ4n) is 1.51. The maximum atomic E-state index is 10.9. The number of aryl methyl sites for hydroxylation is 2. The van der Waals surface area contributed by atoms with Gasteiger partial charge < -0.3 is 5.11 Å². The Balaban J connectivity index is 1.98. The van der Waals surface area contributed by atoms with Gasteiger partial charge in [-0.2, -0.15) is 0 Å². The molecule has 0 aromatic carbocycles. The monoisotopic (exact) mass is 314 g/mol. The number of nitrogens with zero attached hydrogens (tertiary/aromatic N) is 2. The molecule has 0 bridgehead atoms. The van der Waals surface area contributed by atoms with Crippen LogP contribution < -0.4 is 0 Å². The van der Waals surface area contributed by atoms with Gasteiger partial charge in [-0.3, -0.25) is 0 Å². The van der Waals surface area contributed by atoms with Gasteiger partial charge in [0.25, 0.3) is 0 Å². The molecule has 0 saturated carbocycles. The zero-order valence-corrected chi connectivity index (χ0v) is 13.1. The molecule has 7 heteroatoms. The number of aromatic carboxylic acids is 1. The molecule has 2 heterocycles. The van der Waals surface area contributed by atoms with Crippen molar-refractivity contribution in [3.05, 3.63) is 26.7 Å². The second-order valence-corrected chi connectivity index (χ2v) is 7.13. The summed E-state index contributed by atoms with van der Waals surface area (Å²) in [5.74, 6) is -0.160. The van der Waals surface area contributed by atoms with Crippen molar-refractivity contribution in [1.82, 2.24) is 9.97 Å². The lowest BCUT2D eigenvalue weighted by Gasteiger charge is -1.93. The van der Waals surface area contributed by atoms with Crippen LogP contribution in [0.15, 0.2) is 9.72 Å². The first-order chi connectivity index (χ1) is 9.10. The first kappa shape index (κ1) is 14.5. The average molecular weight is 314 g/mol. The minimum atomic E-state index is -0.902. The van der Waals surface area contributed by atoms with Gasteiger partial charge in [0.05, 0.1) is 16.4 Å². The van der Waals surface area contributed by atoms with Crippen molar-refractivity contribution in [2.75, 3.05) is 0 Å². The van der Waals surface area contributed by atoms with Crippen molar-refractivity contribution in [2.24, 2.45) is 0 Å². The van der Waals surface area contributed by atoms with Crippen LogP contribution in [0.1, 0.15) is 39.4 Å². The number of carbonyl (C=O) groups is 1. The van der Waals surface area contributed by atoms with E-state index in [0.29, 0.717) is 10.6 Å². The van der Waals surface area contributed by atoms with Crippen LogP contribution in [0.2, 0.25) is 0 Å². The maximum absolute atomic E-state index is 10.9. The topological polar surface area (TPSA) is 63.1 Å². The first-order valence-electron chi connectivity index (χ1n) is 5.87. The van der Waals surface area contributed by atoms with Crippen molar-refractivity contribution < 1.29 is 9.90 Å². The summed E-state index contributed by atoms with van der Waals surface area (Å²) in [4.78, 5) is 20.1. The highest BCUT2D eigenvalue weighted by Gasteiger charge is 2.14. The summed E-state index contributed by atoms with van der Waals surface area (Å²) < 4.78 is 0.792. The Morgan fingerprint density at radius 1 is 1.47 bits per heavy atom. The molecule has 0 aliphatic rings. The molecular formula is C12H14N2O2S3. The summed E-state index contributed by atoms with van der Waals surface area (Å²) >= 11 is 4.46. The molecule has 0 saturated heterocycles. The summed E-state index contributed by atoms with van der Waals surface area (Å²) in [6, 6.07) is 0. The third-order valence-electron chi connectivity index (χ3n) is 2.38. The van der Waals surface area contributed by atoms with E-state index >= 15 is 0 Å². The number of carboxylic acids is 1. The van der Waals surface area contributed by atoms with E-state index in [0.717, 1.165) is 28.6 Å². The molecule has 0 aliphatic carbocycles. The molecule has 4 nitrogen and oxygen atoms in total. The van der Waals surface area contributed by atoms with Gasteiger partial charge in [0.1, 0.15) is 4.88 Å². The van der Waals surface area contributed by atoms with Crippen LogP contribution in [0.25, 0.3) is 0 Å². The third kappa shape index (κ3) is 3.77. The standard InChI is InChI=1S/C12H14N2O2S3/c1-3-4-9-14-8(5-17-9)6-18-12-13-7(2)10(19-12)11(15)16/h5H,3-4,6H2,1-2H3,(H,15,16). The van der Waals surface area contributed by atoms with E-state index in [2.05, 4.69) is 22.3 Å². The lowest BCUT2D eigenvalue weighted by molar-refractivity contribution is 0.0701. The van der Waals surface area contributed by atoms with Crippen molar-refractivity contribution in [2.45, 2.75) is 36.8 Å². The normalized spacial score (nSPS) is 10.8. The Morgan fingerprint density at radius 2 is 2.26 bits per heavy atom. The average Bonchev–Trinajstić information content (AvgIpc) is 2.94. The Hall–Kier alpha value is -0.920. The number of hydrogen-bond donors (Lipinski definition) is 1. The smallest absolute Gasteiger partial charge is 0.347 e. The van der Waals surface area contributed by atoms with Crippen LogP contribution in [-0.2, 0) is 12.2 Å². The van der Waals surface area contributed by atoms with E-state index in [1.54, 1.807) is 30.0 Å². The van der Waals surface area contributed by atoms with E-state index in [1.807, 2.05) is 0 Å². The molecule has 102 valence electrons. The van der Waals surface area contributed by atoms with Gasteiger partial charge in [0.15, 0.2) is 4.34 Å². The number of aromatic nitrogens is 2. The second kappa shape index (κ2) is 6.49. The van der Waals surface area contributed by atoms with Crippen LogP contribution in [-0.4, -0.2) is 21.0 Å². The molecule has 0 fully saturated rings. The van der Waals surface area contributed by atoms with E-state index in [9.17, 15) is 4.79 Å². The van der Waals surface area contributed by atoms with E-state index in [4.69, 9.17) is 5.11 Å². The Morgan fingerprint density at radius 3 is 2.89 bits per heavy atom. The molecule has 2 aromatic rings. The number of thiazole rings is 2. The van der Waals surface area contributed by atoms with Gasteiger partial charge >= 0.3 is 5.97 Å². The highest BCUT2D eigenvalue weighted by Crippen LogP contribution is 2.30. The molecule has 0 aliphatic heterocycles. The van der Waals surface area contributed by atoms with Crippen LogP contribution in [0.3, 0.4) is 0 Å². The molecule has 2 aromatic heterocycles.